The molecule has 0 aliphatic heterocycles. The topological polar surface area (TPSA) is 56.5 Å². The van der Waals surface area contributed by atoms with E-state index in [1.165, 1.54) is 12.8 Å². The van der Waals surface area contributed by atoms with Crippen molar-refractivity contribution in [2.75, 3.05) is 27.8 Å². The van der Waals surface area contributed by atoms with E-state index in [0.29, 0.717) is 0 Å². The van der Waals surface area contributed by atoms with E-state index in [1.54, 1.807) is 14.2 Å². The highest BCUT2D eigenvalue weighted by Crippen LogP contribution is 2.54. The quantitative estimate of drug-likeness (QED) is 0.825. The van der Waals surface area contributed by atoms with Gasteiger partial charge in [0.25, 0.3) is 0 Å². The lowest BCUT2D eigenvalue weighted by Gasteiger charge is -2.26. The number of aryl methyl sites for hydroxylation is 1. The Morgan fingerprint density at radius 3 is 2.32 bits per heavy atom. The van der Waals surface area contributed by atoms with Crippen molar-refractivity contribution in [1.29, 1.82) is 0 Å². The average Bonchev–Trinajstić information content (AvgIpc) is 3.19. The Morgan fingerprint density at radius 2 is 1.84 bits per heavy atom. The molecule has 19 heavy (non-hydrogen) atoms. The molecular formula is C15H24N2O2. The Hall–Kier alpha value is -1.26. The van der Waals surface area contributed by atoms with Crippen molar-refractivity contribution in [3.05, 3.63) is 23.3 Å². The largest absolute Gasteiger partial charge is 0.493 e. The third-order valence-corrected chi connectivity index (χ3v) is 4.19. The van der Waals surface area contributed by atoms with E-state index in [4.69, 9.17) is 15.2 Å². The minimum atomic E-state index is 0.0414. The van der Waals surface area contributed by atoms with Crippen LogP contribution in [0.2, 0.25) is 0 Å². The summed E-state index contributed by atoms with van der Waals surface area (Å²) in [6.45, 7) is 3.04. The SMILES string of the molecule is CNCC1(C(N)c2cc(OC)c(OC)cc2C)CC1. The first kappa shape index (κ1) is 14.2. The summed E-state index contributed by atoms with van der Waals surface area (Å²) < 4.78 is 10.7. The highest BCUT2D eigenvalue weighted by atomic mass is 16.5. The summed E-state index contributed by atoms with van der Waals surface area (Å²) in [7, 11) is 5.29. The fourth-order valence-electron chi connectivity index (χ4n) is 2.77. The number of nitrogens with one attached hydrogen (secondary N) is 1. The van der Waals surface area contributed by atoms with Gasteiger partial charge in [0, 0.05) is 18.0 Å². The molecule has 0 spiro atoms. The fourth-order valence-corrected chi connectivity index (χ4v) is 2.77. The lowest BCUT2D eigenvalue weighted by molar-refractivity contribution is 0.350. The van der Waals surface area contributed by atoms with Crippen LogP contribution in [0, 0.1) is 12.3 Å². The second-order valence-corrected chi connectivity index (χ2v) is 5.43. The molecule has 1 aromatic rings. The van der Waals surface area contributed by atoms with Crippen molar-refractivity contribution in [1.82, 2.24) is 5.32 Å². The monoisotopic (exact) mass is 264 g/mol. The summed E-state index contributed by atoms with van der Waals surface area (Å²) in [5.74, 6) is 1.51. The van der Waals surface area contributed by atoms with Gasteiger partial charge in [-0.3, -0.25) is 0 Å². The summed E-state index contributed by atoms with van der Waals surface area (Å²) in [4.78, 5) is 0. The van der Waals surface area contributed by atoms with E-state index >= 15 is 0 Å². The van der Waals surface area contributed by atoms with E-state index in [1.807, 2.05) is 19.2 Å². The molecule has 2 rings (SSSR count). The number of rotatable bonds is 6. The molecule has 0 bridgehead atoms. The molecule has 1 saturated carbocycles. The molecule has 3 N–H and O–H groups in total. The van der Waals surface area contributed by atoms with Gasteiger partial charge in [-0.25, -0.2) is 0 Å². The van der Waals surface area contributed by atoms with Crippen LogP contribution in [-0.4, -0.2) is 27.8 Å². The van der Waals surface area contributed by atoms with E-state index in [0.717, 1.165) is 29.2 Å². The Kier molecular flexibility index (Phi) is 4.02. The zero-order valence-electron chi connectivity index (χ0n) is 12.2. The van der Waals surface area contributed by atoms with Crippen LogP contribution in [-0.2, 0) is 0 Å². The average molecular weight is 264 g/mol. The number of hydrogen-bond acceptors (Lipinski definition) is 4. The first-order valence-corrected chi connectivity index (χ1v) is 6.70. The Bertz CT molecular complexity index is 456. The van der Waals surface area contributed by atoms with Crippen LogP contribution in [0.1, 0.15) is 30.0 Å². The van der Waals surface area contributed by atoms with Crippen molar-refractivity contribution < 1.29 is 9.47 Å². The predicted molar refractivity (Wildman–Crippen MR) is 76.8 cm³/mol. The lowest BCUT2D eigenvalue weighted by atomic mass is 9.88. The van der Waals surface area contributed by atoms with Crippen LogP contribution in [0.4, 0.5) is 0 Å². The smallest absolute Gasteiger partial charge is 0.161 e. The highest BCUT2D eigenvalue weighted by Gasteiger charge is 2.48. The summed E-state index contributed by atoms with van der Waals surface area (Å²) >= 11 is 0. The Balaban J connectivity index is 2.34. The van der Waals surface area contributed by atoms with E-state index in [-0.39, 0.29) is 11.5 Å². The van der Waals surface area contributed by atoms with Crippen molar-refractivity contribution >= 4 is 0 Å². The van der Waals surface area contributed by atoms with Crippen LogP contribution < -0.4 is 20.5 Å². The van der Waals surface area contributed by atoms with Gasteiger partial charge in [0.2, 0.25) is 0 Å². The summed E-state index contributed by atoms with van der Waals surface area (Å²) in [5, 5.41) is 3.26. The molecule has 1 aliphatic carbocycles. The third-order valence-electron chi connectivity index (χ3n) is 4.19. The van der Waals surface area contributed by atoms with Crippen LogP contribution in [0.5, 0.6) is 11.5 Å². The minimum absolute atomic E-state index is 0.0414. The number of nitrogens with two attached hydrogens (primary N) is 1. The van der Waals surface area contributed by atoms with E-state index in [9.17, 15) is 0 Å². The van der Waals surface area contributed by atoms with Crippen molar-refractivity contribution in [3.8, 4) is 11.5 Å². The van der Waals surface area contributed by atoms with Crippen LogP contribution >= 0.6 is 0 Å². The van der Waals surface area contributed by atoms with Crippen LogP contribution in [0.3, 0.4) is 0 Å². The van der Waals surface area contributed by atoms with Crippen LogP contribution in [0.15, 0.2) is 12.1 Å². The van der Waals surface area contributed by atoms with Crippen molar-refractivity contribution in [3.63, 3.8) is 0 Å². The zero-order chi connectivity index (χ0) is 14.0. The molecule has 4 nitrogen and oxygen atoms in total. The molecule has 1 aromatic carbocycles. The molecule has 4 heteroatoms. The number of methoxy groups -OCH3 is 2. The van der Waals surface area contributed by atoms with Gasteiger partial charge >= 0.3 is 0 Å². The molecule has 1 atom stereocenters. The number of benzene rings is 1. The normalized spacial score (nSPS) is 17.9. The zero-order valence-corrected chi connectivity index (χ0v) is 12.2. The van der Waals surface area contributed by atoms with E-state index < -0.39 is 0 Å². The molecule has 0 heterocycles. The second-order valence-electron chi connectivity index (χ2n) is 5.43. The second kappa shape index (κ2) is 5.39. The summed E-state index contributed by atoms with van der Waals surface area (Å²) in [6, 6.07) is 4.07. The van der Waals surface area contributed by atoms with Crippen LogP contribution in [0.25, 0.3) is 0 Å². The maximum absolute atomic E-state index is 6.50. The first-order chi connectivity index (χ1) is 9.07. The number of ether oxygens (including phenoxy) is 2. The maximum Gasteiger partial charge on any atom is 0.161 e. The predicted octanol–water partition coefficient (Wildman–Crippen LogP) is 2.01. The Labute approximate surface area is 115 Å². The van der Waals surface area contributed by atoms with Gasteiger partial charge < -0.3 is 20.5 Å². The summed E-state index contributed by atoms with van der Waals surface area (Å²) in [6.07, 6.45) is 2.37. The maximum atomic E-state index is 6.50. The molecule has 106 valence electrons. The third kappa shape index (κ3) is 2.55. The van der Waals surface area contributed by atoms with Gasteiger partial charge in [-0.15, -0.1) is 0 Å². The van der Waals surface area contributed by atoms with Gasteiger partial charge in [0.15, 0.2) is 11.5 Å². The molecular weight excluding hydrogens is 240 g/mol. The minimum Gasteiger partial charge on any atom is -0.493 e. The molecule has 1 unspecified atom stereocenters. The number of hydrogen-bond donors (Lipinski definition) is 2. The molecule has 1 fully saturated rings. The fraction of sp³-hybridized carbons (Fsp3) is 0.600. The van der Waals surface area contributed by atoms with Gasteiger partial charge in [-0.2, -0.15) is 0 Å². The van der Waals surface area contributed by atoms with Gasteiger partial charge in [0.1, 0.15) is 0 Å². The van der Waals surface area contributed by atoms with Crippen molar-refractivity contribution in [2.45, 2.75) is 25.8 Å². The van der Waals surface area contributed by atoms with Gasteiger partial charge in [-0.05, 0) is 50.1 Å². The standard InChI is InChI=1S/C15H24N2O2/c1-10-7-12(18-3)13(19-4)8-11(10)14(16)15(5-6-15)9-17-2/h7-8,14,17H,5-6,9,16H2,1-4H3. The van der Waals surface area contributed by atoms with Crippen molar-refractivity contribution in [2.24, 2.45) is 11.1 Å². The Morgan fingerprint density at radius 1 is 1.26 bits per heavy atom. The highest BCUT2D eigenvalue weighted by molar-refractivity contribution is 5.48. The van der Waals surface area contributed by atoms with Gasteiger partial charge in [0.05, 0.1) is 14.2 Å². The molecule has 0 amide bonds. The first-order valence-electron chi connectivity index (χ1n) is 6.70. The molecule has 0 saturated heterocycles. The lowest BCUT2D eigenvalue weighted by Crippen LogP contribution is -2.31. The molecule has 0 aromatic heterocycles. The molecule has 0 radical (unpaired) electrons. The summed E-state index contributed by atoms with van der Waals surface area (Å²) in [5.41, 5.74) is 9.03. The molecule has 1 aliphatic rings. The van der Waals surface area contributed by atoms with E-state index in [2.05, 4.69) is 12.2 Å². The van der Waals surface area contributed by atoms with Gasteiger partial charge in [-0.1, -0.05) is 0 Å².